The average molecular weight is 1160 g/mol. The lowest BCUT2D eigenvalue weighted by atomic mass is 9.77. The van der Waals surface area contributed by atoms with Crippen LogP contribution in [0.1, 0.15) is 50.1 Å². The number of benzene rings is 7. The molecule has 0 fully saturated rings. The molecule has 0 bridgehead atoms. The number of anilines is 1. The van der Waals surface area contributed by atoms with Crippen LogP contribution in [-0.2, 0) is 17.6 Å². The van der Waals surface area contributed by atoms with Crippen LogP contribution in [0.5, 0.6) is 5.75 Å². The molecule has 0 unspecified atom stereocenters. The van der Waals surface area contributed by atoms with Gasteiger partial charge in [0.2, 0.25) is 0 Å². The molecule has 0 aliphatic carbocycles. The lowest BCUT2D eigenvalue weighted by molar-refractivity contribution is 0.343. The summed E-state index contributed by atoms with van der Waals surface area (Å²) in [6, 6.07) is 72.8. The second-order valence-corrected chi connectivity index (χ2v) is 33.8. The van der Waals surface area contributed by atoms with Crippen molar-refractivity contribution < 1.29 is 9.29 Å². The van der Waals surface area contributed by atoms with E-state index in [9.17, 15) is 5.11 Å². The second-order valence-electron chi connectivity index (χ2n) is 16.2. The van der Waals surface area contributed by atoms with Crippen LogP contribution in [0.25, 0.3) is 16.7 Å². The molecule has 0 atom stereocenters. The number of aliphatic hydroxyl groups is 1. The quantitative estimate of drug-likeness (QED) is 0.0402. The SMILES string of the molecule is OC/C=C(\c1cnn(Cc2cccc(OSP(I)I)c2)c1)c1cc(NC(c2ccccc2)(c2ccccc2)c2ccccc2)nc2c1nnn2C(c1ccccc1)(c1ccccc1)c1ccccc1. The molecule has 7 aromatic carbocycles. The molecule has 0 amide bonds. The summed E-state index contributed by atoms with van der Waals surface area (Å²) in [5.74, 6) is 1.36. The predicted octanol–water partition coefficient (Wildman–Crippen LogP) is 13.9. The summed E-state index contributed by atoms with van der Waals surface area (Å²) in [4.78, 5) is 5.63. The number of pyridine rings is 1. The Morgan fingerprint density at radius 3 is 1.65 bits per heavy atom. The van der Waals surface area contributed by atoms with E-state index in [-0.39, 0.29) is 9.02 Å². The van der Waals surface area contributed by atoms with E-state index >= 15 is 0 Å². The van der Waals surface area contributed by atoms with Gasteiger partial charge in [-0.3, -0.25) is 4.68 Å². The molecule has 2 N–H and O–H groups in total. The van der Waals surface area contributed by atoms with Crippen molar-refractivity contribution in [2.24, 2.45) is 0 Å². The van der Waals surface area contributed by atoms with Crippen molar-refractivity contribution in [1.82, 2.24) is 29.8 Å². The highest BCUT2D eigenvalue weighted by Crippen LogP contribution is 2.64. The zero-order chi connectivity index (χ0) is 47.0. The minimum atomic E-state index is -1.03. The summed E-state index contributed by atoms with van der Waals surface area (Å²) in [6.45, 7) is 0.270. The van der Waals surface area contributed by atoms with Crippen LogP contribution in [0, 0.1) is 0 Å². The minimum absolute atomic E-state index is 0.238. The van der Waals surface area contributed by atoms with Crippen LogP contribution < -0.4 is 9.50 Å². The van der Waals surface area contributed by atoms with Crippen molar-refractivity contribution in [3.05, 3.63) is 281 Å². The van der Waals surface area contributed by atoms with Crippen molar-refractivity contribution in [3.63, 3.8) is 0 Å². The molecule has 0 aliphatic heterocycles. The number of hydrogen-bond acceptors (Lipinski definition) is 8. The first kappa shape index (κ1) is 46.6. The van der Waals surface area contributed by atoms with Crippen LogP contribution in [0.3, 0.4) is 0 Å². The van der Waals surface area contributed by atoms with Gasteiger partial charge in [-0.25, -0.2) is 9.67 Å². The third-order valence-electron chi connectivity index (χ3n) is 12.2. The highest BCUT2D eigenvalue weighted by molar-refractivity contribution is 14.3. The van der Waals surface area contributed by atoms with E-state index in [0.717, 1.165) is 61.4 Å². The van der Waals surface area contributed by atoms with Gasteiger partial charge in [0.1, 0.15) is 42.2 Å². The Morgan fingerprint density at radius 2 is 1.16 bits per heavy atom. The normalized spacial score (nSPS) is 12.1. The number of rotatable bonds is 17. The van der Waals surface area contributed by atoms with Gasteiger partial charge in [-0.15, -0.1) is 5.10 Å². The predicted molar refractivity (Wildman–Crippen MR) is 298 cm³/mol. The molecule has 3 heterocycles. The molecule has 13 heteroatoms. The third-order valence-corrected chi connectivity index (χ3v) is 16.0. The molecular formula is C56H44I2N7O2PS. The van der Waals surface area contributed by atoms with Crippen LogP contribution in [-0.4, -0.2) is 41.5 Å². The molecule has 0 saturated carbocycles. The summed E-state index contributed by atoms with van der Waals surface area (Å²) < 4.78 is 9.53. The van der Waals surface area contributed by atoms with E-state index in [0.29, 0.717) is 23.5 Å². The van der Waals surface area contributed by atoms with Crippen molar-refractivity contribution in [1.29, 1.82) is 0 Å². The number of aromatic nitrogens is 6. The number of aliphatic hydroxyl groups excluding tert-OH is 1. The lowest BCUT2D eigenvalue weighted by Crippen LogP contribution is -2.39. The Labute approximate surface area is 432 Å². The van der Waals surface area contributed by atoms with Crippen molar-refractivity contribution in [3.8, 4) is 5.75 Å². The topological polar surface area (TPSA) is 103 Å². The third kappa shape index (κ3) is 9.48. The Hall–Kier alpha value is -6.16. The zero-order valence-electron chi connectivity index (χ0n) is 37.0. The fourth-order valence-corrected chi connectivity index (χ4v) is 11.4. The maximum atomic E-state index is 10.9. The van der Waals surface area contributed by atoms with Gasteiger partial charge >= 0.3 is 0 Å². The smallest absolute Gasteiger partial charge is 0.182 e. The number of fused-ring (bicyclic) bond motifs is 1. The van der Waals surface area contributed by atoms with Crippen molar-refractivity contribution in [2.75, 3.05) is 11.9 Å². The first-order chi connectivity index (χ1) is 34.0. The molecule has 10 aromatic rings. The molecule has 9 nitrogen and oxygen atoms in total. The number of nitrogens with zero attached hydrogens (tertiary/aromatic N) is 6. The highest BCUT2D eigenvalue weighted by atomic mass is 127. The molecular weight excluding hydrogens is 1120 g/mol. The van der Waals surface area contributed by atoms with E-state index in [2.05, 4.69) is 201 Å². The number of halogens is 2. The highest BCUT2D eigenvalue weighted by Gasteiger charge is 2.43. The van der Waals surface area contributed by atoms with E-state index in [1.807, 2.05) is 88.5 Å². The zero-order valence-corrected chi connectivity index (χ0v) is 43.0. The van der Waals surface area contributed by atoms with Gasteiger partial charge in [-0.05, 0) is 107 Å². The maximum Gasteiger partial charge on any atom is 0.182 e. The molecule has 0 spiro atoms. The van der Waals surface area contributed by atoms with Crippen LogP contribution in [0.4, 0.5) is 5.82 Å². The molecule has 0 saturated heterocycles. The summed E-state index contributed by atoms with van der Waals surface area (Å²) in [5, 5.41) is 30.0. The van der Waals surface area contributed by atoms with E-state index < -0.39 is 11.1 Å². The van der Waals surface area contributed by atoms with Gasteiger partial charge in [0.15, 0.2) is 5.65 Å². The summed E-state index contributed by atoms with van der Waals surface area (Å²) in [7, 11) is 0. The Kier molecular flexibility index (Phi) is 14.3. The average Bonchev–Trinajstić information content (AvgIpc) is 4.06. The fraction of sp³-hybridized carbons (Fsp3) is 0.0714. The number of nitrogens with one attached hydrogen (secondary N) is 1. The number of hydrogen-bond donors (Lipinski definition) is 2. The van der Waals surface area contributed by atoms with Crippen LogP contribution >= 0.6 is 58.2 Å². The lowest BCUT2D eigenvalue weighted by Gasteiger charge is -2.38. The standard InChI is InChI=1S/C56H44I2N7O2PS/c57-68(58)69-67-49-33-19-20-41(36-49)39-64-40-42(38-59-64)50(34-35-66)51-37-52(61-55(43-21-7-1-8-22-43,44-23-9-2-10-24-44)45-25-11-3-12-26-45)60-54-53(51)62-63-65(54)56(46-27-13-4-14-28-46,47-29-15-5-16-30-47)48-31-17-6-18-32-48/h1-34,36-38,40,66H,35,39H2,(H,60,61)/b50-34+. The van der Waals surface area contributed by atoms with Gasteiger partial charge < -0.3 is 14.6 Å². The fourth-order valence-electron chi connectivity index (χ4n) is 9.29. The molecule has 340 valence electrons. The Bertz CT molecular complexity index is 3120. The summed E-state index contributed by atoms with van der Waals surface area (Å²) in [6.07, 6.45) is 5.66. The van der Waals surface area contributed by atoms with Gasteiger partial charge in [-0.1, -0.05) is 205 Å². The van der Waals surface area contributed by atoms with E-state index in [4.69, 9.17) is 24.6 Å². The first-order valence-corrected chi connectivity index (χ1v) is 30.5. The van der Waals surface area contributed by atoms with Gasteiger partial charge in [0.05, 0.1) is 19.3 Å². The van der Waals surface area contributed by atoms with Crippen LogP contribution in [0.15, 0.2) is 231 Å². The largest absolute Gasteiger partial charge is 0.420 e. The van der Waals surface area contributed by atoms with Gasteiger partial charge in [0, 0.05) is 17.3 Å². The first-order valence-electron chi connectivity index (χ1n) is 22.2. The molecule has 3 aromatic heterocycles. The summed E-state index contributed by atoms with van der Waals surface area (Å²) >= 11 is 6.24. The summed E-state index contributed by atoms with van der Waals surface area (Å²) in [5.41, 5.74) is 8.41. The maximum absolute atomic E-state index is 10.9. The van der Waals surface area contributed by atoms with Crippen LogP contribution in [0.2, 0.25) is 0 Å². The molecule has 0 radical (unpaired) electrons. The second kappa shape index (κ2) is 21.2. The van der Waals surface area contributed by atoms with Gasteiger partial charge in [0.25, 0.3) is 0 Å². The minimum Gasteiger partial charge on any atom is -0.420 e. The van der Waals surface area contributed by atoms with Gasteiger partial charge in [-0.2, -0.15) is 5.10 Å². The van der Waals surface area contributed by atoms with E-state index in [1.165, 1.54) is 11.7 Å². The van der Waals surface area contributed by atoms with Crippen molar-refractivity contribution >= 4 is 80.7 Å². The van der Waals surface area contributed by atoms with Crippen molar-refractivity contribution in [2.45, 2.75) is 17.6 Å². The van der Waals surface area contributed by atoms with E-state index in [1.54, 1.807) is 0 Å². The monoisotopic (exact) mass is 1160 g/mol. The molecule has 69 heavy (non-hydrogen) atoms. The Balaban J connectivity index is 1.23. The Morgan fingerprint density at radius 1 is 0.652 bits per heavy atom. The molecule has 0 aliphatic rings. The molecule has 10 rings (SSSR count).